The van der Waals surface area contributed by atoms with E-state index in [0.29, 0.717) is 11.3 Å². The molecule has 0 aliphatic rings. The molecule has 2 amide bonds. The van der Waals surface area contributed by atoms with Crippen molar-refractivity contribution in [3.8, 4) is 5.75 Å². The molecule has 1 atom stereocenters. The minimum atomic E-state index is -0.742. The van der Waals surface area contributed by atoms with E-state index >= 15 is 0 Å². The molecule has 0 spiro atoms. The van der Waals surface area contributed by atoms with E-state index < -0.39 is 12.0 Å². The zero-order chi connectivity index (χ0) is 19.3. The van der Waals surface area contributed by atoms with Crippen molar-refractivity contribution in [2.75, 3.05) is 0 Å². The van der Waals surface area contributed by atoms with Crippen LogP contribution in [0.2, 0.25) is 0 Å². The summed E-state index contributed by atoms with van der Waals surface area (Å²) in [4.78, 5) is 24.1. The highest BCUT2D eigenvalue weighted by atomic mass is 16.5. The van der Waals surface area contributed by atoms with Gasteiger partial charge in [0.2, 0.25) is 0 Å². The van der Waals surface area contributed by atoms with Crippen LogP contribution in [0.5, 0.6) is 5.75 Å². The molecule has 0 saturated carbocycles. The zero-order valence-corrected chi connectivity index (χ0v) is 15.9. The van der Waals surface area contributed by atoms with E-state index in [1.165, 1.54) is 5.56 Å². The Kier molecular flexibility index (Phi) is 6.03. The molecule has 1 unspecified atom stereocenters. The van der Waals surface area contributed by atoms with Crippen LogP contribution in [0.25, 0.3) is 0 Å². The van der Waals surface area contributed by atoms with Gasteiger partial charge >= 0.3 is 0 Å². The number of hydrogen-bond acceptors (Lipinski definition) is 3. The van der Waals surface area contributed by atoms with Crippen molar-refractivity contribution in [1.29, 1.82) is 0 Å². The van der Waals surface area contributed by atoms with E-state index in [-0.39, 0.29) is 11.3 Å². The molecule has 2 N–H and O–H groups in total. The number of rotatable bonds is 4. The van der Waals surface area contributed by atoms with Crippen LogP contribution in [-0.2, 0) is 10.2 Å². The lowest BCUT2D eigenvalue weighted by Crippen LogP contribution is -2.47. The summed E-state index contributed by atoms with van der Waals surface area (Å²) in [5.74, 6) is -0.198. The molecular formula is C21H26N2O3. The fraction of sp³-hybridized carbons (Fsp3) is 0.333. The largest absolute Gasteiger partial charge is 0.481 e. The van der Waals surface area contributed by atoms with Gasteiger partial charge in [0.15, 0.2) is 6.10 Å². The summed E-state index contributed by atoms with van der Waals surface area (Å²) in [6.07, 6.45) is -0.742. The normalized spacial score (nSPS) is 12.2. The zero-order valence-electron chi connectivity index (χ0n) is 15.9. The lowest BCUT2D eigenvalue weighted by atomic mass is 9.87. The van der Waals surface area contributed by atoms with Crippen molar-refractivity contribution in [1.82, 2.24) is 10.9 Å². The van der Waals surface area contributed by atoms with Gasteiger partial charge in [0, 0.05) is 5.56 Å². The van der Waals surface area contributed by atoms with E-state index in [4.69, 9.17) is 4.74 Å². The average Bonchev–Trinajstić information content (AvgIpc) is 2.59. The van der Waals surface area contributed by atoms with Crippen LogP contribution in [0.3, 0.4) is 0 Å². The minimum Gasteiger partial charge on any atom is -0.481 e. The molecule has 0 radical (unpaired) electrons. The number of hydrazine groups is 1. The molecule has 138 valence electrons. The molecule has 5 nitrogen and oxygen atoms in total. The van der Waals surface area contributed by atoms with E-state index in [0.717, 1.165) is 5.56 Å². The quantitative estimate of drug-likeness (QED) is 0.826. The number of ether oxygens (including phenoxy) is 1. The van der Waals surface area contributed by atoms with Gasteiger partial charge in [-0.25, -0.2) is 0 Å². The van der Waals surface area contributed by atoms with Crippen molar-refractivity contribution >= 4 is 11.8 Å². The summed E-state index contributed by atoms with van der Waals surface area (Å²) < 4.78 is 5.63. The van der Waals surface area contributed by atoms with E-state index in [2.05, 4.69) is 31.6 Å². The number of carbonyl (C=O) groups is 2. The van der Waals surface area contributed by atoms with Gasteiger partial charge in [-0.15, -0.1) is 0 Å². The Balaban J connectivity index is 1.87. The van der Waals surface area contributed by atoms with E-state index in [9.17, 15) is 9.59 Å². The Labute approximate surface area is 154 Å². The van der Waals surface area contributed by atoms with Gasteiger partial charge in [-0.1, -0.05) is 50.6 Å². The fourth-order valence-electron chi connectivity index (χ4n) is 2.29. The third kappa shape index (κ3) is 5.34. The van der Waals surface area contributed by atoms with Crippen LogP contribution in [0.4, 0.5) is 0 Å². The standard InChI is InChI=1S/C21H26N2O3/c1-14-6-8-16(9-7-14)20(25)23-22-19(24)15(2)26-18-12-10-17(11-13-18)21(3,4)5/h6-13,15H,1-5H3,(H,22,24)(H,23,25). The molecule has 0 bridgehead atoms. The van der Waals surface area contributed by atoms with Crippen molar-refractivity contribution in [3.05, 3.63) is 65.2 Å². The van der Waals surface area contributed by atoms with Crippen molar-refractivity contribution in [3.63, 3.8) is 0 Å². The molecule has 0 aliphatic heterocycles. The maximum Gasteiger partial charge on any atom is 0.279 e. The monoisotopic (exact) mass is 354 g/mol. The number of carbonyl (C=O) groups excluding carboxylic acids is 2. The second-order valence-corrected chi connectivity index (χ2v) is 7.34. The van der Waals surface area contributed by atoms with Crippen LogP contribution in [0.1, 0.15) is 49.2 Å². The Bertz CT molecular complexity index is 759. The van der Waals surface area contributed by atoms with Crippen molar-refractivity contribution in [2.24, 2.45) is 0 Å². The summed E-state index contributed by atoms with van der Waals surface area (Å²) in [5, 5.41) is 0. The van der Waals surface area contributed by atoms with Gasteiger partial charge in [-0.3, -0.25) is 20.4 Å². The smallest absolute Gasteiger partial charge is 0.279 e. The Morgan fingerprint density at radius 2 is 1.50 bits per heavy atom. The first-order chi connectivity index (χ1) is 12.2. The van der Waals surface area contributed by atoms with Crippen LogP contribution in [-0.4, -0.2) is 17.9 Å². The number of benzene rings is 2. The molecule has 0 aromatic heterocycles. The van der Waals surface area contributed by atoms with Crippen molar-refractivity contribution < 1.29 is 14.3 Å². The maximum absolute atomic E-state index is 12.1. The lowest BCUT2D eigenvalue weighted by molar-refractivity contribution is -0.128. The molecule has 26 heavy (non-hydrogen) atoms. The predicted octanol–water partition coefficient (Wildman–Crippen LogP) is 3.52. The molecule has 2 aromatic rings. The Morgan fingerprint density at radius 1 is 0.923 bits per heavy atom. The molecule has 0 fully saturated rings. The van der Waals surface area contributed by atoms with Crippen LogP contribution in [0.15, 0.2) is 48.5 Å². The topological polar surface area (TPSA) is 67.4 Å². The summed E-state index contributed by atoms with van der Waals surface area (Å²) in [7, 11) is 0. The number of nitrogens with one attached hydrogen (secondary N) is 2. The van der Waals surface area contributed by atoms with Gasteiger partial charge in [0.25, 0.3) is 11.8 Å². The van der Waals surface area contributed by atoms with Crippen LogP contribution >= 0.6 is 0 Å². The molecule has 2 rings (SSSR count). The van der Waals surface area contributed by atoms with Gasteiger partial charge in [0.1, 0.15) is 5.75 Å². The summed E-state index contributed by atoms with van der Waals surface area (Å²) in [6, 6.07) is 14.7. The second kappa shape index (κ2) is 8.04. The first-order valence-corrected chi connectivity index (χ1v) is 8.61. The Morgan fingerprint density at radius 3 is 2.04 bits per heavy atom. The van der Waals surface area contributed by atoms with E-state index in [1.807, 2.05) is 43.3 Å². The highest BCUT2D eigenvalue weighted by Gasteiger charge is 2.17. The van der Waals surface area contributed by atoms with Gasteiger partial charge in [0.05, 0.1) is 0 Å². The third-order valence-corrected chi connectivity index (χ3v) is 4.02. The van der Waals surface area contributed by atoms with Gasteiger partial charge in [-0.2, -0.15) is 0 Å². The summed E-state index contributed by atoms with van der Waals surface area (Å²) >= 11 is 0. The maximum atomic E-state index is 12.1. The molecular weight excluding hydrogens is 328 g/mol. The predicted molar refractivity (Wildman–Crippen MR) is 102 cm³/mol. The lowest BCUT2D eigenvalue weighted by Gasteiger charge is -2.20. The SMILES string of the molecule is Cc1ccc(C(=O)NNC(=O)C(C)Oc2ccc(C(C)(C)C)cc2)cc1. The van der Waals surface area contributed by atoms with E-state index in [1.54, 1.807) is 19.1 Å². The van der Waals surface area contributed by atoms with Crippen LogP contribution < -0.4 is 15.6 Å². The minimum absolute atomic E-state index is 0.0573. The molecule has 0 aliphatic carbocycles. The number of aryl methyl sites for hydroxylation is 1. The first-order valence-electron chi connectivity index (χ1n) is 8.61. The fourth-order valence-corrected chi connectivity index (χ4v) is 2.29. The summed E-state index contributed by atoms with van der Waals surface area (Å²) in [6.45, 7) is 9.97. The summed E-state index contributed by atoms with van der Waals surface area (Å²) in [5.41, 5.74) is 7.56. The number of amides is 2. The van der Waals surface area contributed by atoms with Crippen LogP contribution in [0, 0.1) is 6.92 Å². The average molecular weight is 354 g/mol. The number of hydrogen-bond donors (Lipinski definition) is 2. The Hall–Kier alpha value is -2.82. The highest BCUT2D eigenvalue weighted by molar-refractivity contribution is 5.95. The van der Waals surface area contributed by atoms with Crippen molar-refractivity contribution in [2.45, 2.75) is 46.1 Å². The second-order valence-electron chi connectivity index (χ2n) is 7.34. The molecule has 0 saturated heterocycles. The highest BCUT2D eigenvalue weighted by Crippen LogP contribution is 2.24. The molecule has 0 heterocycles. The third-order valence-electron chi connectivity index (χ3n) is 4.02. The molecule has 5 heteroatoms. The first kappa shape index (κ1) is 19.5. The van der Waals surface area contributed by atoms with Gasteiger partial charge < -0.3 is 4.74 Å². The van der Waals surface area contributed by atoms with Gasteiger partial charge in [-0.05, 0) is 49.1 Å². The molecule has 2 aromatic carbocycles.